The van der Waals surface area contributed by atoms with E-state index in [4.69, 9.17) is 0 Å². The Labute approximate surface area is 118 Å². The van der Waals surface area contributed by atoms with Crippen molar-refractivity contribution in [3.05, 3.63) is 47.3 Å². The minimum Gasteiger partial charge on any atom is -0.347 e. The first-order valence-electron chi connectivity index (χ1n) is 6.37. The number of para-hydroxylation sites is 1. The molecule has 0 radical (unpaired) electrons. The number of aryl methyl sites for hydroxylation is 2. The van der Waals surface area contributed by atoms with Crippen LogP contribution >= 0.6 is 0 Å². The molecule has 0 bridgehead atoms. The summed E-state index contributed by atoms with van der Waals surface area (Å²) in [4.78, 5) is 22.6. The molecule has 5 heteroatoms. The molecule has 104 valence electrons. The fourth-order valence-corrected chi connectivity index (χ4v) is 1.80. The maximum absolute atomic E-state index is 12.3. The molecular weight excluding hydrogens is 252 g/mol. The average Bonchev–Trinajstić information content (AvgIpc) is 2.41. The van der Waals surface area contributed by atoms with Gasteiger partial charge in [-0.05, 0) is 25.5 Å². The molecule has 5 nitrogen and oxygen atoms in total. The zero-order chi connectivity index (χ0) is 14.7. The highest BCUT2D eigenvalue weighted by Crippen LogP contribution is 2.16. The van der Waals surface area contributed by atoms with E-state index in [0.29, 0.717) is 17.2 Å². The molecule has 1 heterocycles. The fraction of sp³-hybridized carbons (Fsp3) is 0.267. The summed E-state index contributed by atoms with van der Waals surface area (Å²) in [7, 11) is 3.73. The van der Waals surface area contributed by atoms with Gasteiger partial charge in [-0.3, -0.25) is 4.79 Å². The van der Waals surface area contributed by atoms with Crippen molar-refractivity contribution in [2.45, 2.75) is 13.8 Å². The summed E-state index contributed by atoms with van der Waals surface area (Å²) in [6.45, 7) is 3.76. The molecule has 0 saturated heterocycles. The normalized spacial score (nSPS) is 10.2. The summed E-state index contributed by atoms with van der Waals surface area (Å²) < 4.78 is 0. The lowest BCUT2D eigenvalue weighted by molar-refractivity contribution is 0.102. The summed E-state index contributed by atoms with van der Waals surface area (Å²) in [5.74, 6) is 0.400. The third-order valence-corrected chi connectivity index (χ3v) is 3.00. The predicted molar refractivity (Wildman–Crippen MR) is 80.2 cm³/mol. The topological polar surface area (TPSA) is 58.1 Å². The SMILES string of the molecule is Cc1ccccc1NC(=O)c1cnc(N(C)C)nc1C. The lowest BCUT2D eigenvalue weighted by Gasteiger charge is -2.13. The van der Waals surface area contributed by atoms with Gasteiger partial charge in [-0.2, -0.15) is 0 Å². The second kappa shape index (κ2) is 5.69. The minimum atomic E-state index is -0.192. The first kappa shape index (κ1) is 14.0. The highest BCUT2D eigenvalue weighted by Gasteiger charge is 2.13. The van der Waals surface area contributed by atoms with Gasteiger partial charge < -0.3 is 10.2 Å². The monoisotopic (exact) mass is 270 g/mol. The van der Waals surface area contributed by atoms with Gasteiger partial charge in [0.15, 0.2) is 0 Å². The third kappa shape index (κ3) is 2.93. The number of anilines is 2. The van der Waals surface area contributed by atoms with Gasteiger partial charge in [-0.1, -0.05) is 18.2 Å². The average molecular weight is 270 g/mol. The molecule has 2 rings (SSSR count). The molecule has 1 amide bonds. The molecule has 2 aromatic rings. The number of rotatable bonds is 3. The van der Waals surface area contributed by atoms with E-state index in [1.807, 2.05) is 45.3 Å². The predicted octanol–water partition coefficient (Wildman–Crippen LogP) is 2.41. The molecular formula is C15H18N4O. The zero-order valence-electron chi connectivity index (χ0n) is 12.1. The van der Waals surface area contributed by atoms with Crippen LogP contribution in [0.25, 0.3) is 0 Å². The van der Waals surface area contributed by atoms with Crippen LogP contribution in [-0.4, -0.2) is 30.0 Å². The Bertz CT molecular complexity index is 638. The molecule has 0 aliphatic heterocycles. The van der Waals surface area contributed by atoms with Crippen molar-refractivity contribution < 1.29 is 4.79 Å². The van der Waals surface area contributed by atoms with Crippen LogP contribution in [0.3, 0.4) is 0 Å². The lowest BCUT2D eigenvalue weighted by Crippen LogP contribution is -2.18. The van der Waals surface area contributed by atoms with Crippen LogP contribution in [0, 0.1) is 13.8 Å². The van der Waals surface area contributed by atoms with Crippen molar-refractivity contribution >= 4 is 17.5 Å². The van der Waals surface area contributed by atoms with E-state index < -0.39 is 0 Å². The van der Waals surface area contributed by atoms with Gasteiger partial charge in [0.2, 0.25) is 5.95 Å². The van der Waals surface area contributed by atoms with E-state index in [1.54, 1.807) is 18.0 Å². The number of amides is 1. The Morgan fingerprint density at radius 2 is 1.90 bits per heavy atom. The molecule has 1 N–H and O–H groups in total. The Balaban J connectivity index is 2.24. The number of benzene rings is 1. The van der Waals surface area contributed by atoms with E-state index in [1.165, 1.54) is 0 Å². The molecule has 20 heavy (non-hydrogen) atoms. The van der Waals surface area contributed by atoms with E-state index in [2.05, 4.69) is 15.3 Å². The molecule has 0 aliphatic rings. The van der Waals surface area contributed by atoms with Crippen molar-refractivity contribution in [2.24, 2.45) is 0 Å². The number of nitrogens with one attached hydrogen (secondary N) is 1. The molecule has 0 unspecified atom stereocenters. The lowest BCUT2D eigenvalue weighted by atomic mass is 10.2. The summed E-state index contributed by atoms with van der Waals surface area (Å²) in [6, 6.07) is 7.65. The molecule has 0 atom stereocenters. The van der Waals surface area contributed by atoms with E-state index in [9.17, 15) is 4.79 Å². The highest BCUT2D eigenvalue weighted by molar-refractivity contribution is 6.05. The molecule has 0 fully saturated rings. The van der Waals surface area contributed by atoms with Crippen LogP contribution in [-0.2, 0) is 0 Å². The molecule has 1 aromatic heterocycles. The second-order valence-corrected chi connectivity index (χ2v) is 4.83. The molecule has 0 saturated carbocycles. The minimum absolute atomic E-state index is 0.192. The van der Waals surface area contributed by atoms with E-state index >= 15 is 0 Å². The smallest absolute Gasteiger partial charge is 0.259 e. The van der Waals surface area contributed by atoms with Gasteiger partial charge in [0.1, 0.15) is 0 Å². The molecule has 0 spiro atoms. The van der Waals surface area contributed by atoms with Crippen LogP contribution in [0.5, 0.6) is 0 Å². The van der Waals surface area contributed by atoms with Crippen molar-refractivity contribution in [2.75, 3.05) is 24.3 Å². The quantitative estimate of drug-likeness (QED) is 0.930. The van der Waals surface area contributed by atoms with Crippen molar-refractivity contribution in [3.63, 3.8) is 0 Å². The number of carbonyl (C=O) groups excluding carboxylic acids is 1. The van der Waals surface area contributed by atoms with Gasteiger partial charge in [-0.25, -0.2) is 9.97 Å². The maximum atomic E-state index is 12.3. The Hall–Kier alpha value is -2.43. The Morgan fingerprint density at radius 1 is 1.20 bits per heavy atom. The Morgan fingerprint density at radius 3 is 2.50 bits per heavy atom. The van der Waals surface area contributed by atoms with Crippen LogP contribution in [0.4, 0.5) is 11.6 Å². The van der Waals surface area contributed by atoms with Gasteiger partial charge >= 0.3 is 0 Å². The number of aromatic nitrogens is 2. The first-order valence-corrected chi connectivity index (χ1v) is 6.37. The number of carbonyl (C=O) groups is 1. The summed E-state index contributed by atoms with van der Waals surface area (Å²) in [5.41, 5.74) is 2.96. The molecule has 1 aromatic carbocycles. The van der Waals surface area contributed by atoms with Gasteiger partial charge in [0.05, 0.1) is 11.3 Å². The first-order chi connectivity index (χ1) is 9.49. The number of hydrogen-bond donors (Lipinski definition) is 1. The van der Waals surface area contributed by atoms with Crippen LogP contribution < -0.4 is 10.2 Å². The van der Waals surface area contributed by atoms with Crippen molar-refractivity contribution in [3.8, 4) is 0 Å². The second-order valence-electron chi connectivity index (χ2n) is 4.83. The maximum Gasteiger partial charge on any atom is 0.259 e. The summed E-state index contributed by atoms with van der Waals surface area (Å²) in [5, 5.41) is 2.88. The zero-order valence-corrected chi connectivity index (χ0v) is 12.1. The Kier molecular flexibility index (Phi) is 3.98. The van der Waals surface area contributed by atoms with Crippen LogP contribution in [0.1, 0.15) is 21.6 Å². The molecule has 0 aliphatic carbocycles. The third-order valence-electron chi connectivity index (χ3n) is 3.00. The highest BCUT2D eigenvalue weighted by atomic mass is 16.1. The van der Waals surface area contributed by atoms with Gasteiger partial charge in [0, 0.05) is 26.0 Å². The van der Waals surface area contributed by atoms with Crippen LogP contribution in [0.15, 0.2) is 30.5 Å². The largest absolute Gasteiger partial charge is 0.347 e. The van der Waals surface area contributed by atoms with Crippen LogP contribution in [0.2, 0.25) is 0 Å². The van der Waals surface area contributed by atoms with Gasteiger partial charge in [-0.15, -0.1) is 0 Å². The number of nitrogens with zero attached hydrogens (tertiary/aromatic N) is 3. The van der Waals surface area contributed by atoms with Crippen molar-refractivity contribution in [1.82, 2.24) is 9.97 Å². The number of hydrogen-bond acceptors (Lipinski definition) is 4. The summed E-state index contributed by atoms with van der Waals surface area (Å²) >= 11 is 0. The van der Waals surface area contributed by atoms with Gasteiger partial charge in [0.25, 0.3) is 5.91 Å². The summed E-state index contributed by atoms with van der Waals surface area (Å²) in [6.07, 6.45) is 1.56. The van der Waals surface area contributed by atoms with Crippen molar-refractivity contribution in [1.29, 1.82) is 0 Å². The van der Waals surface area contributed by atoms with E-state index in [0.717, 1.165) is 11.3 Å². The standard InChI is InChI=1S/C15H18N4O/c1-10-7-5-6-8-13(10)18-14(20)12-9-16-15(19(3)4)17-11(12)2/h5-9H,1-4H3,(H,18,20). The fourth-order valence-electron chi connectivity index (χ4n) is 1.80. The van der Waals surface area contributed by atoms with E-state index in [-0.39, 0.29) is 5.91 Å².